The minimum atomic E-state index is 0.606. The molecule has 124 valence electrons. The zero-order chi connectivity index (χ0) is 16.5. The van der Waals surface area contributed by atoms with Crippen molar-refractivity contribution in [3.63, 3.8) is 0 Å². The summed E-state index contributed by atoms with van der Waals surface area (Å²) in [4.78, 5) is 6.80. The third kappa shape index (κ3) is 1.99. The molecule has 2 heterocycles. The quantitative estimate of drug-likeness (QED) is 0.814. The number of hydrogen-bond donors (Lipinski definition) is 0. The van der Waals surface area contributed by atoms with Crippen LogP contribution in [0, 0.1) is 12.3 Å². The molecule has 0 saturated heterocycles. The first-order chi connectivity index (χ1) is 11.6. The topological polar surface area (TPSA) is 33.4 Å². The Bertz CT molecular complexity index is 862. The maximum absolute atomic E-state index is 6.61. The number of rotatable bonds is 3. The summed E-state index contributed by atoms with van der Waals surface area (Å²) in [6.45, 7) is 5.76. The molecule has 0 bridgehead atoms. The van der Waals surface area contributed by atoms with E-state index in [1.807, 2.05) is 17.1 Å². The van der Waals surface area contributed by atoms with Crippen molar-refractivity contribution in [2.75, 3.05) is 11.6 Å². The Labute approximate surface area is 147 Å². The van der Waals surface area contributed by atoms with E-state index < -0.39 is 0 Å². The molecule has 0 amide bonds. The third-order valence-corrected chi connectivity index (χ3v) is 6.34. The molecule has 1 unspecified atom stereocenters. The molecular weight excluding hydrogens is 320 g/mol. The molecule has 1 spiro atoms. The number of fused-ring (bicyclic) bond motifs is 1. The van der Waals surface area contributed by atoms with E-state index in [1.54, 1.807) is 0 Å². The van der Waals surface area contributed by atoms with Crippen molar-refractivity contribution >= 4 is 29.2 Å². The summed E-state index contributed by atoms with van der Waals surface area (Å²) in [5, 5.41) is 5.40. The van der Waals surface area contributed by atoms with Crippen LogP contribution in [-0.2, 0) is 6.54 Å². The molecule has 2 saturated carbocycles. The van der Waals surface area contributed by atoms with E-state index in [2.05, 4.69) is 41.0 Å². The van der Waals surface area contributed by atoms with Gasteiger partial charge in [0.1, 0.15) is 6.67 Å². The Balaban J connectivity index is 1.60. The molecule has 2 aromatic rings. The summed E-state index contributed by atoms with van der Waals surface area (Å²) in [7, 11) is 0. The Morgan fingerprint density at radius 3 is 2.79 bits per heavy atom. The van der Waals surface area contributed by atoms with Gasteiger partial charge in [-0.25, -0.2) is 0 Å². The van der Waals surface area contributed by atoms with Crippen LogP contribution in [-0.4, -0.2) is 22.7 Å². The number of aromatic nitrogens is 2. The molecule has 5 heteroatoms. The van der Waals surface area contributed by atoms with Gasteiger partial charge in [-0.15, -0.1) is 0 Å². The standard InChI is InChI=1S/C19H21ClN4/c1-3-24-12(2)18(10-22-24)23-11-21-9-13-6-16(20)14(7-17(13)23)15-8-19(15)4-5-19/h6-7,9-10,15H,3-5,8,11H2,1-2H3. The van der Waals surface area contributed by atoms with E-state index in [0.717, 1.165) is 22.8 Å². The molecule has 5 rings (SSSR count). The first kappa shape index (κ1) is 14.5. The molecule has 0 N–H and O–H groups in total. The predicted octanol–water partition coefficient (Wildman–Crippen LogP) is 4.66. The third-order valence-electron chi connectivity index (χ3n) is 6.02. The minimum Gasteiger partial charge on any atom is -0.318 e. The maximum atomic E-state index is 6.61. The van der Waals surface area contributed by atoms with Gasteiger partial charge in [-0.3, -0.25) is 9.67 Å². The van der Waals surface area contributed by atoms with Crippen molar-refractivity contribution in [1.29, 1.82) is 0 Å². The van der Waals surface area contributed by atoms with E-state index in [4.69, 9.17) is 11.6 Å². The number of hydrogen-bond acceptors (Lipinski definition) is 3. The second-order valence-electron chi connectivity index (χ2n) is 7.36. The summed E-state index contributed by atoms with van der Waals surface area (Å²) in [6.07, 6.45) is 7.96. The van der Waals surface area contributed by atoms with E-state index in [9.17, 15) is 0 Å². The fourth-order valence-corrected chi connectivity index (χ4v) is 4.53. The number of anilines is 2. The lowest BCUT2D eigenvalue weighted by molar-refractivity contribution is 0.639. The number of nitrogens with zero attached hydrogens (tertiary/aromatic N) is 4. The molecule has 1 aromatic heterocycles. The fraction of sp³-hybridized carbons (Fsp3) is 0.474. The smallest absolute Gasteiger partial charge is 0.115 e. The van der Waals surface area contributed by atoms with Gasteiger partial charge in [-0.05, 0) is 62.1 Å². The van der Waals surface area contributed by atoms with Crippen LogP contribution in [0.1, 0.15) is 48.9 Å². The number of halogens is 1. The largest absolute Gasteiger partial charge is 0.318 e. The van der Waals surface area contributed by atoms with Crippen LogP contribution in [0.2, 0.25) is 5.02 Å². The summed E-state index contributed by atoms with van der Waals surface area (Å²) in [5.41, 5.74) is 6.57. The van der Waals surface area contributed by atoms with Crippen LogP contribution < -0.4 is 4.90 Å². The van der Waals surface area contributed by atoms with Gasteiger partial charge in [0.25, 0.3) is 0 Å². The van der Waals surface area contributed by atoms with Crippen LogP contribution in [0.15, 0.2) is 23.3 Å². The van der Waals surface area contributed by atoms with Crippen molar-refractivity contribution in [2.45, 2.75) is 45.6 Å². The molecule has 0 radical (unpaired) electrons. The highest BCUT2D eigenvalue weighted by Crippen LogP contribution is 2.75. The Kier molecular flexibility index (Phi) is 2.94. The summed E-state index contributed by atoms with van der Waals surface area (Å²) >= 11 is 6.61. The highest BCUT2D eigenvalue weighted by molar-refractivity contribution is 6.32. The molecule has 4 nitrogen and oxygen atoms in total. The van der Waals surface area contributed by atoms with Gasteiger partial charge >= 0.3 is 0 Å². The van der Waals surface area contributed by atoms with Crippen molar-refractivity contribution < 1.29 is 0 Å². The lowest BCUT2D eigenvalue weighted by Crippen LogP contribution is -2.23. The van der Waals surface area contributed by atoms with Crippen LogP contribution >= 0.6 is 11.6 Å². The Morgan fingerprint density at radius 2 is 2.12 bits per heavy atom. The first-order valence-corrected chi connectivity index (χ1v) is 9.14. The van der Waals surface area contributed by atoms with E-state index in [-0.39, 0.29) is 0 Å². The van der Waals surface area contributed by atoms with Crippen molar-refractivity contribution in [2.24, 2.45) is 10.4 Å². The monoisotopic (exact) mass is 340 g/mol. The van der Waals surface area contributed by atoms with Crippen LogP contribution in [0.25, 0.3) is 0 Å². The normalized spacial score (nSPS) is 22.8. The molecule has 1 aromatic carbocycles. The van der Waals surface area contributed by atoms with Crippen molar-refractivity contribution in [1.82, 2.24) is 9.78 Å². The first-order valence-electron chi connectivity index (χ1n) is 8.76. The van der Waals surface area contributed by atoms with Crippen LogP contribution in [0.5, 0.6) is 0 Å². The molecule has 1 aliphatic heterocycles. The van der Waals surface area contributed by atoms with E-state index in [1.165, 1.54) is 36.2 Å². The zero-order valence-electron chi connectivity index (χ0n) is 14.1. The van der Waals surface area contributed by atoms with Gasteiger partial charge in [0.05, 0.1) is 23.3 Å². The van der Waals surface area contributed by atoms with Gasteiger partial charge in [-0.2, -0.15) is 5.10 Å². The average molecular weight is 341 g/mol. The van der Waals surface area contributed by atoms with E-state index in [0.29, 0.717) is 18.0 Å². The highest BCUT2D eigenvalue weighted by Gasteiger charge is 2.63. The number of aliphatic imine (C=N–C) groups is 1. The highest BCUT2D eigenvalue weighted by atomic mass is 35.5. The maximum Gasteiger partial charge on any atom is 0.115 e. The fourth-order valence-electron chi connectivity index (χ4n) is 4.22. The van der Waals surface area contributed by atoms with Gasteiger partial charge in [-0.1, -0.05) is 11.6 Å². The zero-order valence-corrected chi connectivity index (χ0v) is 14.8. The van der Waals surface area contributed by atoms with E-state index >= 15 is 0 Å². The summed E-state index contributed by atoms with van der Waals surface area (Å²) in [5.74, 6) is 0.662. The Morgan fingerprint density at radius 1 is 1.29 bits per heavy atom. The second kappa shape index (κ2) is 4.85. The van der Waals surface area contributed by atoms with Gasteiger partial charge in [0, 0.05) is 23.3 Å². The van der Waals surface area contributed by atoms with Crippen molar-refractivity contribution in [3.05, 3.63) is 40.2 Å². The molecule has 2 aliphatic carbocycles. The van der Waals surface area contributed by atoms with Crippen LogP contribution in [0.3, 0.4) is 0 Å². The van der Waals surface area contributed by atoms with Crippen molar-refractivity contribution in [3.8, 4) is 0 Å². The predicted molar refractivity (Wildman–Crippen MR) is 97.7 cm³/mol. The lowest BCUT2D eigenvalue weighted by Gasteiger charge is -2.28. The summed E-state index contributed by atoms with van der Waals surface area (Å²) < 4.78 is 2.03. The molecule has 1 atom stereocenters. The lowest BCUT2D eigenvalue weighted by atomic mass is 10.0. The van der Waals surface area contributed by atoms with Gasteiger partial charge in [0.15, 0.2) is 0 Å². The molecule has 2 fully saturated rings. The average Bonchev–Trinajstić information content (AvgIpc) is 3.48. The number of aryl methyl sites for hydroxylation is 1. The number of benzene rings is 1. The Hall–Kier alpha value is -1.81. The van der Waals surface area contributed by atoms with Gasteiger partial charge < -0.3 is 4.90 Å². The minimum absolute atomic E-state index is 0.606. The van der Waals surface area contributed by atoms with Gasteiger partial charge in [0.2, 0.25) is 0 Å². The molecule has 3 aliphatic rings. The molecular formula is C19H21ClN4. The second-order valence-corrected chi connectivity index (χ2v) is 7.77. The van der Waals surface area contributed by atoms with Crippen LogP contribution in [0.4, 0.5) is 11.4 Å². The molecule has 24 heavy (non-hydrogen) atoms. The summed E-state index contributed by atoms with van der Waals surface area (Å²) in [6, 6.07) is 4.40. The SMILES string of the molecule is CCn1ncc(N2CN=Cc3cc(Cl)c(C4CC45CC5)cc32)c1C.